The van der Waals surface area contributed by atoms with E-state index in [0.717, 1.165) is 4.57 Å². The third-order valence-corrected chi connectivity index (χ3v) is 3.24. The van der Waals surface area contributed by atoms with Crippen molar-refractivity contribution in [3.8, 4) is 0 Å². The summed E-state index contributed by atoms with van der Waals surface area (Å²) in [5, 5.41) is 18.1. The zero-order valence-corrected chi connectivity index (χ0v) is 10.1. The molecule has 4 N–H and O–H groups in total. The molecule has 8 heteroatoms. The average molecular weight is 273 g/mol. The number of hydrogen-bond acceptors (Lipinski definition) is 6. The number of hydrogen-bond donors (Lipinski definition) is 3. The Balaban J connectivity index is 2.28. The molecule has 1 saturated heterocycles. The van der Waals surface area contributed by atoms with Gasteiger partial charge in [-0.1, -0.05) is 0 Å². The number of aliphatic hydroxyl groups is 2. The molecule has 7 nitrogen and oxygen atoms in total. The molecule has 0 aliphatic carbocycles. The van der Waals surface area contributed by atoms with Gasteiger partial charge >= 0.3 is 5.69 Å². The van der Waals surface area contributed by atoms with E-state index in [0.29, 0.717) is 0 Å². The van der Waals surface area contributed by atoms with E-state index in [1.165, 1.54) is 12.3 Å². The van der Waals surface area contributed by atoms with Crippen molar-refractivity contribution >= 4 is 5.82 Å². The Morgan fingerprint density at radius 1 is 1.53 bits per heavy atom. The van der Waals surface area contributed by atoms with E-state index < -0.39 is 30.1 Å². The minimum Gasteiger partial charge on any atom is -0.396 e. The predicted octanol–water partition coefficient (Wildman–Crippen LogP) is -0.948. The number of nitrogens with two attached hydrogens (primary N) is 1. The van der Waals surface area contributed by atoms with E-state index in [2.05, 4.69) is 4.98 Å². The van der Waals surface area contributed by atoms with Crippen molar-refractivity contribution in [3.05, 3.63) is 22.7 Å². The first-order valence-corrected chi connectivity index (χ1v) is 5.94. The molecular formula is C11H16FN3O4. The summed E-state index contributed by atoms with van der Waals surface area (Å²) in [6.07, 6.45) is -1.96. The summed E-state index contributed by atoms with van der Waals surface area (Å²) in [7, 11) is 0. The zero-order valence-electron chi connectivity index (χ0n) is 10.1. The van der Waals surface area contributed by atoms with Crippen LogP contribution in [0.15, 0.2) is 17.1 Å². The summed E-state index contributed by atoms with van der Waals surface area (Å²) < 4.78 is 20.6. The molecule has 106 valence electrons. The van der Waals surface area contributed by atoms with Gasteiger partial charge in [-0.25, -0.2) is 9.18 Å². The Hall–Kier alpha value is -1.51. The number of rotatable bonds is 4. The summed E-state index contributed by atoms with van der Waals surface area (Å²) in [6, 6.07) is 1.37. The van der Waals surface area contributed by atoms with Crippen LogP contribution in [0.5, 0.6) is 0 Å². The van der Waals surface area contributed by atoms with E-state index in [-0.39, 0.29) is 25.5 Å². The van der Waals surface area contributed by atoms with Crippen molar-refractivity contribution in [1.29, 1.82) is 0 Å². The van der Waals surface area contributed by atoms with Gasteiger partial charge in [0, 0.05) is 18.7 Å². The summed E-state index contributed by atoms with van der Waals surface area (Å²) >= 11 is 0. The highest BCUT2D eigenvalue weighted by Crippen LogP contribution is 2.37. The van der Waals surface area contributed by atoms with Crippen LogP contribution in [0.3, 0.4) is 0 Å². The van der Waals surface area contributed by atoms with Gasteiger partial charge < -0.3 is 20.7 Å². The summed E-state index contributed by atoms with van der Waals surface area (Å²) in [4.78, 5) is 15.1. The first kappa shape index (κ1) is 13.9. The molecular weight excluding hydrogens is 257 g/mol. The van der Waals surface area contributed by atoms with Crippen LogP contribution < -0.4 is 11.4 Å². The van der Waals surface area contributed by atoms with Crippen molar-refractivity contribution < 1.29 is 19.3 Å². The van der Waals surface area contributed by atoms with E-state index in [9.17, 15) is 9.18 Å². The maximum Gasteiger partial charge on any atom is 0.351 e. The van der Waals surface area contributed by atoms with Gasteiger partial charge in [-0.2, -0.15) is 4.98 Å². The van der Waals surface area contributed by atoms with E-state index in [1.807, 2.05) is 0 Å². The number of anilines is 1. The fraction of sp³-hybridized carbons (Fsp3) is 0.636. The first-order chi connectivity index (χ1) is 9.08. The van der Waals surface area contributed by atoms with E-state index in [1.54, 1.807) is 0 Å². The van der Waals surface area contributed by atoms with Crippen LogP contribution in [0.25, 0.3) is 0 Å². The molecule has 0 saturated carbocycles. The normalized spacial score (nSPS) is 30.7. The number of alkyl halides is 1. The third-order valence-electron chi connectivity index (χ3n) is 3.24. The number of aromatic nitrogens is 2. The van der Waals surface area contributed by atoms with Crippen LogP contribution in [0, 0.1) is 5.92 Å². The zero-order chi connectivity index (χ0) is 14.0. The third kappa shape index (κ3) is 2.60. The quantitative estimate of drug-likeness (QED) is 0.652. The molecule has 0 aromatic carbocycles. The molecule has 0 amide bonds. The van der Waals surface area contributed by atoms with E-state index in [4.69, 9.17) is 20.7 Å². The maximum atomic E-state index is 14.3. The molecule has 19 heavy (non-hydrogen) atoms. The molecule has 1 aromatic rings. The Morgan fingerprint density at radius 3 is 2.84 bits per heavy atom. The molecule has 0 radical (unpaired) electrons. The van der Waals surface area contributed by atoms with Gasteiger partial charge in [-0.05, 0) is 12.5 Å². The second kappa shape index (κ2) is 5.64. The summed E-state index contributed by atoms with van der Waals surface area (Å²) in [6.45, 7) is -0.592. The Kier molecular flexibility index (Phi) is 4.13. The van der Waals surface area contributed by atoms with Crippen molar-refractivity contribution in [2.45, 2.75) is 24.9 Å². The van der Waals surface area contributed by atoms with Gasteiger partial charge in [0.15, 0.2) is 12.4 Å². The number of nitrogen functional groups attached to an aromatic ring is 1. The lowest BCUT2D eigenvalue weighted by molar-refractivity contribution is -0.0429. The summed E-state index contributed by atoms with van der Waals surface area (Å²) in [5.41, 5.74) is 4.64. The van der Waals surface area contributed by atoms with Gasteiger partial charge in [0.2, 0.25) is 0 Å². The van der Waals surface area contributed by atoms with Crippen LogP contribution in [0.1, 0.15) is 12.6 Å². The Bertz CT molecular complexity index is 495. The summed E-state index contributed by atoms with van der Waals surface area (Å²) in [5.74, 6) is -0.621. The lowest BCUT2D eigenvalue weighted by Gasteiger charge is -2.16. The topological polar surface area (TPSA) is 111 Å². The molecule has 1 fully saturated rings. The average Bonchev–Trinajstić information content (AvgIpc) is 2.68. The fourth-order valence-electron chi connectivity index (χ4n) is 2.28. The standard InChI is InChI=1S/C11H16FN3O4/c12-9-6(2-4-16)7(5-17)19-10(9)15-3-1-8(13)14-11(15)18/h1,3,6-7,9-10,16-17H,2,4-5H2,(H2,13,14,18)/t6-,7+,9-,10+/m0/s1. The van der Waals surface area contributed by atoms with Crippen LogP contribution >= 0.6 is 0 Å². The molecule has 2 rings (SSSR count). The number of nitrogens with zero attached hydrogens (tertiary/aromatic N) is 2. The lowest BCUT2D eigenvalue weighted by Crippen LogP contribution is -2.31. The molecule has 2 heterocycles. The SMILES string of the molecule is Nc1ccn([C@@H]2O[C@H](CO)[C@H](CCO)[C@@H]2F)c(=O)n1. The van der Waals surface area contributed by atoms with Gasteiger partial charge in [-0.3, -0.25) is 4.57 Å². The highest BCUT2D eigenvalue weighted by Gasteiger charge is 2.45. The first-order valence-electron chi connectivity index (χ1n) is 5.94. The highest BCUT2D eigenvalue weighted by atomic mass is 19.1. The number of ether oxygens (including phenoxy) is 1. The molecule has 0 spiro atoms. The number of aliphatic hydroxyl groups excluding tert-OH is 2. The Morgan fingerprint density at radius 2 is 2.26 bits per heavy atom. The van der Waals surface area contributed by atoms with Crippen LogP contribution in [0.2, 0.25) is 0 Å². The molecule has 4 atom stereocenters. The lowest BCUT2D eigenvalue weighted by atomic mass is 9.96. The van der Waals surface area contributed by atoms with Gasteiger partial charge in [0.25, 0.3) is 0 Å². The minimum absolute atomic E-state index is 0.0419. The second-order valence-corrected chi connectivity index (χ2v) is 4.41. The molecule has 1 aromatic heterocycles. The van der Waals surface area contributed by atoms with Crippen LogP contribution in [-0.4, -0.2) is 45.3 Å². The van der Waals surface area contributed by atoms with Gasteiger partial charge in [0.1, 0.15) is 5.82 Å². The smallest absolute Gasteiger partial charge is 0.351 e. The van der Waals surface area contributed by atoms with Crippen molar-refractivity contribution in [2.24, 2.45) is 5.92 Å². The molecule has 1 aliphatic rings. The van der Waals surface area contributed by atoms with Crippen molar-refractivity contribution in [2.75, 3.05) is 18.9 Å². The van der Waals surface area contributed by atoms with Crippen LogP contribution in [0.4, 0.5) is 10.2 Å². The monoisotopic (exact) mass is 273 g/mol. The van der Waals surface area contributed by atoms with Gasteiger partial charge in [-0.15, -0.1) is 0 Å². The van der Waals surface area contributed by atoms with Crippen LogP contribution in [-0.2, 0) is 4.74 Å². The van der Waals surface area contributed by atoms with Crippen molar-refractivity contribution in [3.63, 3.8) is 0 Å². The number of halogens is 1. The highest BCUT2D eigenvalue weighted by molar-refractivity contribution is 5.23. The second-order valence-electron chi connectivity index (χ2n) is 4.41. The fourth-order valence-corrected chi connectivity index (χ4v) is 2.28. The molecule has 1 aliphatic heterocycles. The van der Waals surface area contributed by atoms with E-state index >= 15 is 0 Å². The predicted molar refractivity (Wildman–Crippen MR) is 64.0 cm³/mol. The maximum absolute atomic E-state index is 14.3. The molecule has 0 unspecified atom stereocenters. The largest absolute Gasteiger partial charge is 0.396 e. The Labute approximate surface area is 108 Å². The minimum atomic E-state index is -1.51. The molecule has 0 bridgehead atoms. The van der Waals surface area contributed by atoms with Crippen molar-refractivity contribution in [1.82, 2.24) is 9.55 Å². The van der Waals surface area contributed by atoms with Gasteiger partial charge in [0.05, 0.1) is 12.7 Å².